The van der Waals surface area contributed by atoms with Crippen molar-refractivity contribution in [3.8, 4) is 0 Å². The minimum atomic E-state index is 0.0882. The molecule has 0 atom stereocenters. The van der Waals surface area contributed by atoms with Gasteiger partial charge in [0, 0.05) is 50.5 Å². The summed E-state index contributed by atoms with van der Waals surface area (Å²) >= 11 is 0. The molecular formula is C22H31N5O. The number of aryl methyl sites for hydroxylation is 1. The first-order chi connectivity index (χ1) is 13.7. The normalized spacial score (nSPS) is 15.0. The van der Waals surface area contributed by atoms with Gasteiger partial charge in [-0.25, -0.2) is 9.97 Å². The van der Waals surface area contributed by atoms with Crippen LogP contribution in [0.3, 0.4) is 0 Å². The van der Waals surface area contributed by atoms with E-state index in [0.717, 1.165) is 57.2 Å². The maximum absolute atomic E-state index is 12.5. The molecule has 1 fully saturated rings. The Morgan fingerprint density at radius 1 is 1.21 bits per heavy atom. The molecule has 0 unspecified atom stereocenters. The Morgan fingerprint density at radius 2 is 1.96 bits per heavy atom. The van der Waals surface area contributed by atoms with Gasteiger partial charge in [-0.15, -0.1) is 0 Å². The van der Waals surface area contributed by atoms with Gasteiger partial charge in [-0.2, -0.15) is 0 Å². The number of piperidine rings is 1. The number of hydrogen-bond donors (Lipinski definition) is 1. The van der Waals surface area contributed by atoms with Gasteiger partial charge in [-0.05, 0) is 37.9 Å². The van der Waals surface area contributed by atoms with E-state index >= 15 is 0 Å². The predicted molar refractivity (Wildman–Crippen MR) is 112 cm³/mol. The van der Waals surface area contributed by atoms with E-state index in [-0.39, 0.29) is 11.8 Å². The first kappa shape index (κ1) is 20.3. The first-order valence-electron chi connectivity index (χ1n) is 10.2. The fourth-order valence-electron chi connectivity index (χ4n) is 3.60. The largest absolute Gasteiger partial charge is 0.355 e. The Bertz CT molecular complexity index is 744. The SMILES string of the molecule is CCN(CCNC(=O)C1CCN(c2nccc(C)n2)CC1)Cc1ccccc1. The lowest BCUT2D eigenvalue weighted by molar-refractivity contribution is -0.125. The average molecular weight is 382 g/mol. The smallest absolute Gasteiger partial charge is 0.225 e. The number of anilines is 1. The highest BCUT2D eigenvalue weighted by Crippen LogP contribution is 2.20. The van der Waals surface area contributed by atoms with Crippen molar-refractivity contribution in [3.63, 3.8) is 0 Å². The van der Waals surface area contributed by atoms with Crippen molar-refractivity contribution in [2.45, 2.75) is 33.2 Å². The number of amides is 1. The zero-order valence-corrected chi connectivity index (χ0v) is 17.0. The summed E-state index contributed by atoms with van der Waals surface area (Å²) in [4.78, 5) is 25.9. The Morgan fingerprint density at radius 3 is 2.64 bits per heavy atom. The molecule has 0 aliphatic carbocycles. The zero-order valence-electron chi connectivity index (χ0n) is 17.0. The summed E-state index contributed by atoms with van der Waals surface area (Å²) < 4.78 is 0. The van der Waals surface area contributed by atoms with E-state index < -0.39 is 0 Å². The number of carbonyl (C=O) groups is 1. The maximum atomic E-state index is 12.5. The quantitative estimate of drug-likeness (QED) is 0.762. The molecule has 6 nitrogen and oxygen atoms in total. The van der Waals surface area contributed by atoms with Crippen molar-refractivity contribution in [2.24, 2.45) is 5.92 Å². The molecule has 1 aliphatic rings. The molecule has 0 saturated carbocycles. The van der Waals surface area contributed by atoms with Crippen molar-refractivity contribution >= 4 is 11.9 Å². The predicted octanol–water partition coefficient (Wildman–Crippen LogP) is 2.64. The molecule has 150 valence electrons. The Hall–Kier alpha value is -2.47. The number of aromatic nitrogens is 2. The summed E-state index contributed by atoms with van der Waals surface area (Å²) in [6.07, 6.45) is 3.50. The fraction of sp³-hybridized carbons (Fsp3) is 0.500. The van der Waals surface area contributed by atoms with Crippen LogP contribution in [-0.2, 0) is 11.3 Å². The molecule has 0 spiro atoms. The summed E-state index contributed by atoms with van der Waals surface area (Å²) in [5.74, 6) is 1.05. The standard InChI is InChI=1S/C22H31N5O/c1-3-26(17-19-7-5-4-6-8-19)16-13-23-21(28)20-10-14-27(15-11-20)22-24-12-9-18(2)25-22/h4-9,12,20H,3,10-11,13-17H2,1-2H3,(H,23,28). The molecule has 1 aromatic heterocycles. The van der Waals surface area contributed by atoms with E-state index in [4.69, 9.17) is 0 Å². The van der Waals surface area contributed by atoms with Gasteiger partial charge >= 0.3 is 0 Å². The van der Waals surface area contributed by atoms with Gasteiger partial charge in [0.25, 0.3) is 0 Å². The Kier molecular flexibility index (Phi) is 7.37. The van der Waals surface area contributed by atoms with Crippen LogP contribution in [0.5, 0.6) is 0 Å². The summed E-state index contributed by atoms with van der Waals surface area (Å²) in [5.41, 5.74) is 2.28. The third kappa shape index (κ3) is 5.76. The lowest BCUT2D eigenvalue weighted by Gasteiger charge is -2.31. The van der Waals surface area contributed by atoms with Crippen LogP contribution in [0, 0.1) is 12.8 Å². The molecule has 1 aromatic carbocycles. The number of rotatable bonds is 8. The summed E-state index contributed by atoms with van der Waals surface area (Å²) in [5, 5.41) is 3.14. The van der Waals surface area contributed by atoms with Gasteiger partial charge in [-0.3, -0.25) is 9.69 Å². The Balaban J connectivity index is 1.39. The second-order valence-electron chi connectivity index (χ2n) is 7.40. The average Bonchev–Trinajstić information content (AvgIpc) is 2.74. The molecule has 6 heteroatoms. The lowest BCUT2D eigenvalue weighted by Crippen LogP contribution is -2.43. The van der Waals surface area contributed by atoms with E-state index in [9.17, 15) is 4.79 Å². The molecule has 2 aromatic rings. The van der Waals surface area contributed by atoms with E-state index in [1.165, 1.54) is 5.56 Å². The van der Waals surface area contributed by atoms with Gasteiger partial charge < -0.3 is 10.2 Å². The molecule has 1 aliphatic heterocycles. The van der Waals surface area contributed by atoms with Crippen LogP contribution in [0.2, 0.25) is 0 Å². The van der Waals surface area contributed by atoms with Gasteiger partial charge in [0.2, 0.25) is 11.9 Å². The highest BCUT2D eigenvalue weighted by molar-refractivity contribution is 5.78. The summed E-state index contributed by atoms with van der Waals surface area (Å²) in [6, 6.07) is 12.4. The van der Waals surface area contributed by atoms with Crippen molar-refractivity contribution in [1.29, 1.82) is 0 Å². The van der Waals surface area contributed by atoms with Crippen LogP contribution in [0.15, 0.2) is 42.6 Å². The highest BCUT2D eigenvalue weighted by Gasteiger charge is 2.26. The second kappa shape index (κ2) is 10.2. The molecule has 2 heterocycles. The number of benzene rings is 1. The Labute approximate surface area is 168 Å². The summed E-state index contributed by atoms with van der Waals surface area (Å²) in [7, 11) is 0. The minimum absolute atomic E-state index is 0.0882. The topological polar surface area (TPSA) is 61.4 Å². The first-order valence-corrected chi connectivity index (χ1v) is 10.2. The zero-order chi connectivity index (χ0) is 19.8. The van der Waals surface area contributed by atoms with E-state index in [1.54, 1.807) is 6.20 Å². The van der Waals surface area contributed by atoms with E-state index in [0.29, 0.717) is 6.54 Å². The van der Waals surface area contributed by atoms with Gasteiger partial charge in [-0.1, -0.05) is 37.3 Å². The fourth-order valence-corrected chi connectivity index (χ4v) is 3.60. The van der Waals surface area contributed by atoms with Crippen LogP contribution in [0.4, 0.5) is 5.95 Å². The second-order valence-corrected chi connectivity index (χ2v) is 7.40. The van der Waals surface area contributed by atoms with Crippen LogP contribution < -0.4 is 10.2 Å². The van der Waals surface area contributed by atoms with Crippen LogP contribution in [-0.4, -0.2) is 53.5 Å². The van der Waals surface area contributed by atoms with Crippen molar-refractivity contribution < 1.29 is 4.79 Å². The highest BCUT2D eigenvalue weighted by atomic mass is 16.1. The third-order valence-corrected chi connectivity index (χ3v) is 5.35. The number of likely N-dealkylation sites (N-methyl/N-ethyl adjacent to an activating group) is 1. The van der Waals surface area contributed by atoms with Gasteiger partial charge in [0.1, 0.15) is 0 Å². The van der Waals surface area contributed by atoms with Gasteiger partial charge in [0.05, 0.1) is 0 Å². The number of nitrogens with one attached hydrogen (secondary N) is 1. The molecule has 0 bridgehead atoms. The molecular weight excluding hydrogens is 350 g/mol. The number of carbonyl (C=O) groups excluding carboxylic acids is 1. The molecule has 3 rings (SSSR count). The van der Waals surface area contributed by atoms with E-state index in [2.05, 4.69) is 56.3 Å². The molecule has 1 N–H and O–H groups in total. The molecule has 1 saturated heterocycles. The molecule has 1 amide bonds. The van der Waals surface area contributed by atoms with Crippen molar-refractivity contribution in [2.75, 3.05) is 37.6 Å². The molecule has 28 heavy (non-hydrogen) atoms. The number of hydrogen-bond acceptors (Lipinski definition) is 5. The van der Waals surface area contributed by atoms with E-state index in [1.807, 2.05) is 19.1 Å². The van der Waals surface area contributed by atoms with Crippen molar-refractivity contribution in [3.05, 3.63) is 53.9 Å². The minimum Gasteiger partial charge on any atom is -0.355 e. The van der Waals surface area contributed by atoms with Crippen molar-refractivity contribution in [1.82, 2.24) is 20.2 Å². The third-order valence-electron chi connectivity index (χ3n) is 5.35. The molecule has 0 radical (unpaired) electrons. The van der Waals surface area contributed by atoms with Gasteiger partial charge in [0.15, 0.2) is 0 Å². The number of nitrogens with zero attached hydrogens (tertiary/aromatic N) is 4. The van der Waals surface area contributed by atoms with Crippen LogP contribution in [0.25, 0.3) is 0 Å². The summed E-state index contributed by atoms with van der Waals surface area (Å²) in [6.45, 7) is 9.25. The van der Waals surface area contributed by atoms with Crippen LogP contribution >= 0.6 is 0 Å². The maximum Gasteiger partial charge on any atom is 0.225 e. The monoisotopic (exact) mass is 381 g/mol. The van der Waals surface area contributed by atoms with Crippen LogP contribution in [0.1, 0.15) is 31.0 Å². The lowest BCUT2D eigenvalue weighted by atomic mass is 9.96.